The first-order valence-electron chi connectivity index (χ1n) is 5.98. The van der Waals surface area contributed by atoms with Crippen LogP contribution in [0, 0.1) is 5.82 Å². The van der Waals surface area contributed by atoms with Crippen molar-refractivity contribution in [3.63, 3.8) is 0 Å². The van der Waals surface area contributed by atoms with Crippen molar-refractivity contribution in [1.82, 2.24) is 0 Å². The van der Waals surface area contributed by atoms with Crippen LogP contribution in [-0.2, 0) is 6.61 Å². The van der Waals surface area contributed by atoms with Crippen LogP contribution in [0.1, 0.15) is 24.1 Å². The Balaban J connectivity index is 2.00. The lowest BCUT2D eigenvalue weighted by molar-refractivity contribution is 0.306. The van der Waals surface area contributed by atoms with Crippen molar-refractivity contribution in [2.45, 2.75) is 19.6 Å². The van der Waals surface area contributed by atoms with Gasteiger partial charge in [0.25, 0.3) is 0 Å². The van der Waals surface area contributed by atoms with E-state index in [1.807, 2.05) is 31.2 Å². The van der Waals surface area contributed by atoms with Crippen LogP contribution < -0.4 is 10.5 Å². The summed E-state index contributed by atoms with van der Waals surface area (Å²) in [5.41, 5.74) is 7.64. The lowest BCUT2D eigenvalue weighted by Gasteiger charge is -2.09. The molecule has 19 heavy (non-hydrogen) atoms. The van der Waals surface area contributed by atoms with Crippen molar-refractivity contribution in [1.29, 1.82) is 0 Å². The zero-order chi connectivity index (χ0) is 13.8. The van der Waals surface area contributed by atoms with E-state index in [0.29, 0.717) is 6.61 Å². The third-order valence-electron chi connectivity index (χ3n) is 2.80. The van der Waals surface area contributed by atoms with Crippen LogP contribution in [0.15, 0.2) is 42.5 Å². The molecule has 0 fully saturated rings. The maximum atomic E-state index is 13.0. The molecule has 2 N–H and O–H groups in total. The quantitative estimate of drug-likeness (QED) is 0.915. The average molecular weight is 280 g/mol. The van der Waals surface area contributed by atoms with Gasteiger partial charge >= 0.3 is 0 Å². The molecule has 0 spiro atoms. The van der Waals surface area contributed by atoms with E-state index < -0.39 is 5.82 Å². The summed E-state index contributed by atoms with van der Waals surface area (Å²) in [4.78, 5) is 0. The summed E-state index contributed by atoms with van der Waals surface area (Å²) in [6.45, 7) is 2.27. The highest BCUT2D eigenvalue weighted by Gasteiger charge is 2.03. The zero-order valence-corrected chi connectivity index (χ0v) is 11.3. The molecular formula is C15H15ClFNO. The number of hydrogen-bond donors (Lipinski definition) is 1. The number of halogens is 2. The van der Waals surface area contributed by atoms with E-state index in [-0.39, 0.29) is 11.1 Å². The molecule has 0 radical (unpaired) electrons. The topological polar surface area (TPSA) is 35.2 Å². The average Bonchev–Trinajstić information content (AvgIpc) is 2.40. The summed E-state index contributed by atoms with van der Waals surface area (Å²) in [5.74, 6) is 0.316. The summed E-state index contributed by atoms with van der Waals surface area (Å²) in [5, 5.41) is 0.105. The Labute approximate surface area is 117 Å². The molecule has 0 bridgehead atoms. The zero-order valence-electron chi connectivity index (χ0n) is 10.6. The van der Waals surface area contributed by atoms with Gasteiger partial charge in [-0.25, -0.2) is 4.39 Å². The van der Waals surface area contributed by atoms with Gasteiger partial charge in [0.05, 0.1) is 5.02 Å². The second-order valence-corrected chi connectivity index (χ2v) is 4.80. The minimum absolute atomic E-state index is 0.00459. The van der Waals surface area contributed by atoms with Crippen molar-refractivity contribution < 1.29 is 9.13 Å². The Morgan fingerprint density at radius 2 is 1.89 bits per heavy atom. The Morgan fingerprint density at radius 1 is 1.21 bits per heavy atom. The van der Waals surface area contributed by atoms with Crippen molar-refractivity contribution in [3.8, 4) is 5.75 Å². The molecule has 0 aliphatic heterocycles. The molecule has 2 nitrogen and oxygen atoms in total. The summed E-state index contributed by atoms with van der Waals surface area (Å²) in [6.07, 6.45) is 0. The maximum absolute atomic E-state index is 13.0. The van der Waals surface area contributed by atoms with Crippen molar-refractivity contribution in [2.75, 3.05) is 0 Å². The molecule has 2 rings (SSSR count). The summed E-state index contributed by atoms with van der Waals surface area (Å²) < 4.78 is 18.6. The molecule has 2 aromatic rings. The van der Waals surface area contributed by atoms with E-state index in [4.69, 9.17) is 22.1 Å². The molecule has 0 unspecified atom stereocenters. The minimum Gasteiger partial charge on any atom is -0.489 e. The molecule has 0 heterocycles. The molecule has 4 heteroatoms. The van der Waals surface area contributed by atoms with Crippen LogP contribution in [0.3, 0.4) is 0 Å². The van der Waals surface area contributed by atoms with Crippen LogP contribution in [0.5, 0.6) is 5.75 Å². The van der Waals surface area contributed by atoms with Gasteiger partial charge in [0.15, 0.2) is 0 Å². The molecule has 1 atom stereocenters. The SMILES string of the molecule is C[C@H](N)c1ccc(OCc2ccc(F)c(Cl)c2)cc1. The normalized spacial score (nSPS) is 12.2. The van der Waals surface area contributed by atoms with E-state index in [9.17, 15) is 4.39 Å². The van der Waals surface area contributed by atoms with E-state index in [2.05, 4.69) is 0 Å². The molecule has 0 amide bonds. The van der Waals surface area contributed by atoms with Crippen molar-refractivity contribution >= 4 is 11.6 Å². The fraction of sp³-hybridized carbons (Fsp3) is 0.200. The smallest absolute Gasteiger partial charge is 0.141 e. The van der Waals surface area contributed by atoms with E-state index in [0.717, 1.165) is 16.9 Å². The predicted octanol–water partition coefficient (Wildman–Crippen LogP) is 4.08. The molecule has 0 aromatic heterocycles. The van der Waals surface area contributed by atoms with Crippen LogP contribution in [0.4, 0.5) is 4.39 Å². The summed E-state index contributed by atoms with van der Waals surface area (Å²) >= 11 is 5.71. The minimum atomic E-state index is -0.424. The standard InChI is InChI=1S/C15H15ClFNO/c1-10(18)12-3-5-13(6-4-12)19-9-11-2-7-15(17)14(16)8-11/h2-8,10H,9,18H2,1H3/t10-/m0/s1. The van der Waals surface area contributed by atoms with Crippen LogP contribution in [-0.4, -0.2) is 0 Å². The number of nitrogens with two attached hydrogens (primary N) is 1. The van der Waals surface area contributed by atoms with Gasteiger partial charge in [-0.1, -0.05) is 29.8 Å². The lowest BCUT2D eigenvalue weighted by atomic mass is 10.1. The highest BCUT2D eigenvalue weighted by Crippen LogP contribution is 2.19. The molecule has 0 aliphatic carbocycles. The van der Waals surface area contributed by atoms with Crippen LogP contribution in [0.25, 0.3) is 0 Å². The molecule has 0 saturated carbocycles. The largest absolute Gasteiger partial charge is 0.489 e. The van der Waals surface area contributed by atoms with E-state index in [1.165, 1.54) is 6.07 Å². The van der Waals surface area contributed by atoms with Gasteiger partial charge in [-0.15, -0.1) is 0 Å². The van der Waals surface area contributed by atoms with Gasteiger partial charge in [-0.2, -0.15) is 0 Å². The third kappa shape index (κ3) is 3.69. The summed E-state index contributed by atoms with van der Waals surface area (Å²) in [7, 11) is 0. The lowest BCUT2D eigenvalue weighted by Crippen LogP contribution is -2.04. The number of rotatable bonds is 4. The Bertz CT molecular complexity index is 555. The monoisotopic (exact) mass is 279 g/mol. The van der Waals surface area contributed by atoms with E-state index in [1.54, 1.807) is 12.1 Å². The molecule has 0 saturated heterocycles. The first-order valence-corrected chi connectivity index (χ1v) is 6.36. The highest BCUT2D eigenvalue weighted by molar-refractivity contribution is 6.30. The van der Waals surface area contributed by atoms with Crippen molar-refractivity contribution in [2.24, 2.45) is 5.73 Å². The first-order chi connectivity index (χ1) is 9.06. The highest BCUT2D eigenvalue weighted by atomic mass is 35.5. The number of hydrogen-bond acceptors (Lipinski definition) is 2. The number of benzene rings is 2. The second-order valence-electron chi connectivity index (χ2n) is 4.39. The van der Waals surface area contributed by atoms with E-state index >= 15 is 0 Å². The van der Waals surface area contributed by atoms with Crippen LogP contribution in [0.2, 0.25) is 5.02 Å². The second kappa shape index (κ2) is 6.04. The number of ether oxygens (including phenoxy) is 1. The first kappa shape index (κ1) is 13.8. The molecule has 0 aliphatic rings. The molecule has 2 aromatic carbocycles. The van der Waals surface area contributed by atoms with Gasteiger partial charge in [0, 0.05) is 6.04 Å². The van der Waals surface area contributed by atoms with Gasteiger partial charge in [-0.05, 0) is 42.3 Å². The van der Waals surface area contributed by atoms with Gasteiger partial charge < -0.3 is 10.5 Å². The Morgan fingerprint density at radius 3 is 2.47 bits per heavy atom. The van der Waals surface area contributed by atoms with Gasteiger partial charge in [0.1, 0.15) is 18.2 Å². The fourth-order valence-electron chi connectivity index (χ4n) is 1.66. The van der Waals surface area contributed by atoms with Gasteiger partial charge in [-0.3, -0.25) is 0 Å². The van der Waals surface area contributed by atoms with Gasteiger partial charge in [0.2, 0.25) is 0 Å². The summed E-state index contributed by atoms with van der Waals surface area (Å²) in [6, 6.07) is 12.1. The predicted molar refractivity (Wildman–Crippen MR) is 74.8 cm³/mol. The Hall–Kier alpha value is -1.58. The maximum Gasteiger partial charge on any atom is 0.141 e. The third-order valence-corrected chi connectivity index (χ3v) is 3.09. The van der Waals surface area contributed by atoms with Crippen molar-refractivity contribution in [3.05, 3.63) is 64.4 Å². The fourth-order valence-corrected chi connectivity index (χ4v) is 1.87. The van der Waals surface area contributed by atoms with Crippen LogP contribution >= 0.6 is 11.6 Å². The Kier molecular flexibility index (Phi) is 4.40. The molecular weight excluding hydrogens is 265 g/mol. The molecule has 100 valence electrons.